The molecule has 0 bridgehead atoms. The molecule has 1 fully saturated rings. The molecular formula is C30H30N4O4. The fraction of sp³-hybridized carbons (Fsp3) is 0.300. The summed E-state index contributed by atoms with van der Waals surface area (Å²) in [6.07, 6.45) is 7.21. The van der Waals surface area contributed by atoms with Crippen LogP contribution >= 0.6 is 0 Å². The standard InChI is InChI=1S/C30H30N4O4/c1-2-3-5-10-24-31-29-26(30(36)32-24)25(21-8-6-4-7-9-21)27(33-29)28(35)22-11-13-23(14-12-22)38-20-17-34-15-18-37-19-16-34/h1,4,6-9,11-14H,3,5,10,15-20H2,(H2,31,32,33,36). The summed E-state index contributed by atoms with van der Waals surface area (Å²) >= 11 is 0. The molecule has 4 aromatic rings. The molecule has 194 valence electrons. The van der Waals surface area contributed by atoms with Gasteiger partial charge in [0.1, 0.15) is 23.8 Å². The minimum Gasteiger partial charge on any atom is -0.492 e. The molecule has 1 aliphatic rings. The number of terminal acetylenes is 1. The third kappa shape index (κ3) is 5.70. The van der Waals surface area contributed by atoms with Gasteiger partial charge in [0.25, 0.3) is 5.56 Å². The van der Waals surface area contributed by atoms with Crippen LogP contribution in [0.3, 0.4) is 0 Å². The third-order valence-corrected chi connectivity index (χ3v) is 6.63. The number of fused-ring (bicyclic) bond motifs is 1. The fourth-order valence-electron chi connectivity index (χ4n) is 4.65. The quantitative estimate of drug-likeness (QED) is 0.191. The van der Waals surface area contributed by atoms with Crippen molar-refractivity contribution in [3.63, 3.8) is 0 Å². The zero-order chi connectivity index (χ0) is 26.3. The Hall–Kier alpha value is -4.19. The Kier molecular flexibility index (Phi) is 7.98. The molecule has 1 aliphatic heterocycles. The molecule has 0 spiro atoms. The van der Waals surface area contributed by atoms with E-state index in [1.165, 1.54) is 0 Å². The van der Waals surface area contributed by atoms with E-state index in [-0.39, 0.29) is 11.3 Å². The first-order valence-corrected chi connectivity index (χ1v) is 12.9. The van der Waals surface area contributed by atoms with E-state index in [9.17, 15) is 9.59 Å². The van der Waals surface area contributed by atoms with Gasteiger partial charge < -0.3 is 19.4 Å². The van der Waals surface area contributed by atoms with Gasteiger partial charge >= 0.3 is 0 Å². The van der Waals surface area contributed by atoms with Crippen LogP contribution < -0.4 is 10.3 Å². The van der Waals surface area contributed by atoms with Gasteiger partial charge in [0.15, 0.2) is 0 Å². The predicted molar refractivity (Wildman–Crippen MR) is 147 cm³/mol. The second-order valence-corrected chi connectivity index (χ2v) is 9.19. The maximum absolute atomic E-state index is 13.7. The molecule has 0 radical (unpaired) electrons. The van der Waals surface area contributed by atoms with Gasteiger partial charge in [0.05, 0.1) is 24.3 Å². The number of benzene rings is 2. The van der Waals surface area contributed by atoms with Crippen LogP contribution in [0, 0.1) is 12.3 Å². The number of aromatic nitrogens is 3. The van der Waals surface area contributed by atoms with Crippen molar-refractivity contribution in [2.45, 2.75) is 19.3 Å². The topological polar surface area (TPSA) is 100 Å². The van der Waals surface area contributed by atoms with Crippen molar-refractivity contribution in [3.05, 3.63) is 82.0 Å². The summed E-state index contributed by atoms with van der Waals surface area (Å²) in [5, 5.41) is 0.364. The number of ketones is 1. The molecule has 3 heterocycles. The molecule has 0 aliphatic carbocycles. The second-order valence-electron chi connectivity index (χ2n) is 9.19. The third-order valence-electron chi connectivity index (χ3n) is 6.63. The van der Waals surface area contributed by atoms with Gasteiger partial charge in [-0.1, -0.05) is 30.3 Å². The van der Waals surface area contributed by atoms with Gasteiger partial charge in [0, 0.05) is 43.6 Å². The largest absolute Gasteiger partial charge is 0.492 e. The van der Waals surface area contributed by atoms with Crippen LogP contribution in [-0.4, -0.2) is 65.1 Å². The first-order chi connectivity index (χ1) is 18.6. The Labute approximate surface area is 221 Å². The highest BCUT2D eigenvalue weighted by Gasteiger charge is 2.23. The number of aromatic amines is 2. The SMILES string of the molecule is C#CCCCc1nc2[nH]c(C(=O)c3ccc(OCCN4CCOCC4)cc3)c(-c3ccccc3)c2c(=O)[nH]1. The van der Waals surface area contributed by atoms with Crippen molar-refractivity contribution in [3.8, 4) is 29.2 Å². The number of rotatable bonds is 10. The summed E-state index contributed by atoms with van der Waals surface area (Å²) in [5.74, 6) is 3.61. The number of unbranched alkanes of at least 4 members (excludes halogenated alkanes) is 1. The summed E-state index contributed by atoms with van der Waals surface area (Å²) in [7, 11) is 0. The maximum Gasteiger partial charge on any atom is 0.261 e. The van der Waals surface area contributed by atoms with E-state index >= 15 is 0 Å². The molecule has 8 heteroatoms. The van der Waals surface area contributed by atoms with Crippen LogP contribution in [0.1, 0.15) is 34.7 Å². The maximum atomic E-state index is 13.7. The molecule has 1 saturated heterocycles. The van der Waals surface area contributed by atoms with Crippen molar-refractivity contribution in [2.24, 2.45) is 0 Å². The number of nitrogens with zero attached hydrogens (tertiary/aromatic N) is 2. The van der Waals surface area contributed by atoms with Crippen LogP contribution in [-0.2, 0) is 11.2 Å². The Bertz CT molecular complexity index is 1490. The van der Waals surface area contributed by atoms with E-state index in [2.05, 4.69) is 25.8 Å². The number of morpholine rings is 1. The van der Waals surface area contributed by atoms with Crippen LogP contribution in [0.5, 0.6) is 5.75 Å². The molecule has 0 amide bonds. The van der Waals surface area contributed by atoms with Crippen LogP contribution in [0.25, 0.3) is 22.2 Å². The summed E-state index contributed by atoms with van der Waals surface area (Å²) < 4.78 is 11.3. The molecule has 0 atom stereocenters. The van der Waals surface area contributed by atoms with Gasteiger partial charge in [-0.15, -0.1) is 12.3 Å². The Morgan fingerprint density at radius 2 is 1.84 bits per heavy atom. The molecule has 2 N–H and O–H groups in total. The summed E-state index contributed by atoms with van der Waals surface area (Å²) in [4.78, 5) is 39.8. The van der Waals surface area contributed by atoms with Gasteiger partial charge in [-0.3, -0.25) is 14.5 Å². The average molecular weight is 511 g/mol. The Balaban J connectivity index is 1.41. The first-order valence-electron chi connectivity index (χ1n) is 12.9. The van der Waals surface area contributed by atoms with E-state index < -0.39 is 0 Å². The highest BCUT2D eigenvalue weighted by Crippen LogP contribution is 2.31. The zero-order valence-electron chi connectivity index (χ0n) is 21.2. The first kappa shape index (κ1) is 25.5. The number of hydrogen-bond donors (Lipinski definition) is 2. The van der Waals surface area contributed by atoms with E-state index in [0.29, 0.717) is 65.3 Å². The monoisotopic (exact) mass is 510 g/mol. The average Bonchev–Trinajstić information content (AvgIpc) is 3.34. The van der Waals surface area contributed by atoms with E-state index in [4.69, 9.17) is 15.9 Å². The van der Waals surface area contributed by atoms with E-state index in [1.807, 2.05) is 30.3 Å². The second kappa shape index (κ2) is 11.9. The van der Waals surface area contributed by atoms with Crippen molar-refractivity contribution < 1.29 is 14.3 Å². The van der Waals surface area contributed by atoms with Crippen molar-refractivity contribution in [1.82, 2.24) is 19.9 Å². The summed E-state index contributed by atoms with van der Waals surface area (Å²) in [6, 6.07) is 16.5. The van der Waals surface area contributed by atoms with Crippen molar-refractivity contribution in [2.75, 3.05) is 39.5 Å². The molecule has 0 unspecified atom stereocenters. The molecule has 0 saturated carbocycles. The number of H-pyrrole nitrogens is 2. The number of nitrogens with one attached hydrogen (secondary N) is 2. The van der Waals surface area contributed by atoms with Crippen LogP contribution in [0.4, 0.5) is 0 Å². The lowest BCUT2D eigenvalue weighted by Gasteiger charge is -2.26. The predicted octanol–water partition coefficient (Wildman–Crippen LogP) is 3.82. The number of carbonyl (C=O) groups excluding carboxylic acids is 1. The van der Waals surface area contributed by atoms with Crippen LogP contribution in [0.15, 0.2) is 59.4 Å². The lowest BCUT2D eigenvalue weighted by molar-refractivity contribution is 0.0322. The smallest absolute Gasteiger partial charge is 0.261 e. The minimum atomic E-state index is -0.288. The molecule has 5 rings (SSSR count). The normalized spacial score (nSPS) is 13.9. The number of hydrogen-bond acceptors (Lipinski definition) is 6. The molecule has 8 nitrogen and oxygen atoms in total. The lowest BCUT2D eigenvalue weighted by Crippen LogP contribution is -2.38. The highest BCUT2D eigenvalue weighted by molar-refractivity contribution is 6.16. The molecular weight excluding hydrogens is 480 g/mol. The molecule has 2 aromatic heterocycles. The summed E-state index contributed by atoms with van der Waals surface area (Å²) in [5.41, 5.74) is 2.21. The lowest BCUT2D eigenvalue weighted by atomic mass is 9.98. The fourth-order valence-corrected chi connectivity index (χ4v) is 4.65. The molecule has 38 heavy (non-hydrogen) atoms. The zero-order valence-corrected chi connectivity index (χ0v) is 21.2. The van der Waals surface area contributed by atoms with Crippen molar-refractivity contribution in [1.29, 1.82) is 0 Å². The van der Waals surface area contributed by atoms with Crippen molar-refractivity contribution >= 4 is 16.8 Å². The number of carbonyl (C=O) groups is 1. The van der Waals surface area contributed by atoms with Gasteiger partial charge in [-0.05, 0) is 36.2 Å². The van der Waals surface area contributed by atoms with Crippen LogP contribution in [0.2, 0.25) is 0 Å². The minimum absolute atomic E-state index is 0.227. The van der Waals surface area contributed by atoms with Gasteiger partial charge in [-0.25, -0.2) is 4.98 Å². The van der Waals surface area contributed by atoms with E-state index in [1.54, 1.807) is 24.3 Å². The Morgan fingerprint density at radius 1 is 1.08 bits per heavy atom. The molecule has 2 aromatic carbocycles. The van der Waals surface area contributed by atoms with Gasteiger partial charge in [-0.2, -0.15) is 0 Å². The van der Waals surface area contributed by atoms with E-state index in [0.717, 1.165) is 38.4 Å². The van der Waals surface area contributed by atoms with Gasteiger partial charge in [0.2, 0.25) is 5.78 Å². The number of aryl methyl sites for hydroxylation is 1. The summed E-state index contributed by atoms with van der Waals surface area (Å²) in [6.45, 7) is 4.72. The number of ether oxygens (including phenoxy) is 2. The Morgan fingerprint density at radius 3 is 2.58 bits per heavy atom. The highest BCUT2D eigenvalue weighted by atomic mass is 16.5.